The number of para-hydroxylation sites is 1. The van der Waals surface area contributed by atoms with Crippen LogP contribution in [0.25, 0.3) is 0 Å². The molecular weight excluding hydrogens is 514 g/mol. The molecule has 0 aliphatic heterocycles. The number of hydrogen-bond acceptors (Lipinski definition) is 5. The molecule has 2 atom stereocenters. The van der Waals surface area contributed by atoms with Crippen LogP contribution in [0.2, 0.25) is 0 Å². The summed E-state index contributed by atoms with van der Waals surface area (Å²) in [6.45, 7) is 5.41. The molecule has 0 aliphatic carbocycles. The van der Waals surface area contributed by atoms with Gasteiger partial charge < -0.3 is 15.0 Å². The number of benzene rings is 3. The first kappa shape index (κ1) is 29.7. The zero-order valence-electron chi connectivity index (χ0n) is 22.9. The van der Waals surface area contributed by atoms with E-state index in [4.69, 9.17) is 4.74 Å². The van der Waals surface area contributed by atoms with Crippen LogP contribution in [0.3, 0.4) is 0 Å². The smallest absolute Gasteiger partial charge is 0.264 e. The standard InChI is InChI=1S/C30H37N3O5S/c1-5-23(3)31-30(35)28(6-2)32(21-24-13-9-7-10-14-24)29(34)22-33(25-15-11-8-12-16-25)39(36,37)27-19-17-26(38-4)18-20-27/h7-20,23,28H,5-6,21-22H2,1-4H3,(H,31,35)/t23-,28-/m1/s1. The first-order valence-corrected chi connectivity index (χ1v) is 14.5. The van der Waals surface area contributed by atoms with Gasteiger partial charge >= 0.3 is 0 Å². The molecule has 3 aromatic rings. The molecule has 0 saturated carbocycles. The fourth-order valence-corrected chi connectivity index (χ4v) is 5.55. The summed E-state index contributed by atoms with van der Waals surface area (Å²) in [7, 11) is -2.63. The molecule has 3 aromatic carbocycles. The molecule has 0 aliphatic rings. The van der Waals surface area contributed by atoms with Crippen molar-refractivity contribution in [3.05, 3.63) is 90.5 Å². The van der Waals surface area contributed by atoms with Gasteiger partial charge in [-0.3, -0.25) is 13.9 Å². The lowest BCUT2D eigenvalue weighted by molar-refractivity contribution is -0.140. The van der Waals surface area contributed by atoms with Crippen LogP contribution >= 0.6 is 0 Å². The zero-order valence-corrected chi connectivity index (χ0v) is 23.7. The van der Waals surface area contributed by atoms with Crippen molar-refractivity contribution in [2.45, 2.75) is 57.1 Å². The molecule has 208 valence electrons. The van der Waals surface area contributed by atoms with E-state index in [2.05, 4.69) is 5.32 Å². The van der Waals surface area contributed by atoms with Crippen molar-refractivity contribution in [2.24, 2.45) is 0 Å². The molecule has 0 heterocycles. The highest BCUT2D eigenvalue weighted by molar-refractivity contribution is 7.92. The molecule has 39 heavy (non-hydrogen) atoms. The minimum absolute atomic E-state index is 0.0242. The lowest BCUT2D eigenvalue weighted by atomic mass is 10.1. The van der Waals surface area contributed by atoms with Crippen LogP contribution in [0.4, 0.5) is 5.69 Å². The number of hydrogen-bond donors (Lipinski definition) is 1. The van der Waals surface area contributed by atoms with E-state index >= 15 is 0 Å². The van der Waals surface area contributed by atoms with E-state index in [1.54, 1.807) is 42.5 Å². The van der Waals surface area contributed by atoms with Crippen molar-refractivity contribution in [2.75, 3.05) is 18.0 Å². The van der Waals surface area contributed by atoms with Gasteiger partial charge in [0.1, 0.15) is 18.3 Å². The van der Waals surface area contributed by atoms with Crippen LogP contribution in [0, 0.1) is 0 Å². The lowest BCUT2D eigenvalue weighted by Gasteiger charge is -2.33. The fourth-order valence-electron chi connectivity index (χ4n) is 4.14. The third-order valence-corrected chi connectivity index (χ3v) is 8.34. The predicted octanol–water partition coefficient (Wildman–Crippen LogP) is 4.61. The van der Waals surface area contributed by atoms with Gasteiger partial charge in [0.15, 0.2) is 0 Å². The van der Waals surface area contributed by atoms with Gasteiger partial charge in [-0.15, -0.1) is 0 Å². The van der Waals surface area contributed by atoms with Crippen molar-refractivity contribution in [3.8, 4) is 5.75 Å². The predicted molar refractivity (Wildman–Crippen MR) is 153 cm³/mol. The largest absolute Gasteiger partial charge is 0.497 e. The molecule has 2 amide bonds. The molecular formula is C30H37N3O5S. The molecule has 0 fully saturated rings. The Morgan fingerprint density at radius 2 is 1.46 bits per heavy atom. The molecule has 1 N–H and O–H groups in total. The second-order valence-corrected chi connectivity index (χ2v) is 11.1. The van der Waals surface area contributed by atoms with E-state index in [9.17, 15) is 18.0 Å². The first-order valence-electron chi connectivity index (χ1n) is 13.1. The van der Waals surface area contributed by atoms with Crippen LogP contribution in [0.5, 0.6) is 5.75 Å². The zero-order chi connectivity index (χ0) is 28.4. The van der Waals surface area contributed by atoms with E-state index < -0.39 is 28.5 Å². The number of carbonyl (C=O) groups is 2. The summed E-state index contributed by atoms with van der Waals surface area (Å²) in [5.41, 5.74) is 1.18. The normalized spacial score (nSPS) is 12.7. The molecule has 9 heteroatoms. The molecule has 8 nitrogen and oxygen atoms in total. The van der Waals surface area contributed by atoms with Gasteiger partial charge in [-0.1, -0.05) is 62.4 Å². The topological polar surface area (TPSA) is 96.0 Å². The van der Waals surface area contributed by atoms with Crippen molar-refractivity contribution < 1.29 is 22.7 Å². The Bertz CT molecular complexity index is 1320. The molecule has 0 spiro atoms. The minimum atomic E-state index is -4.13. The van der Waals surface area contributed by atoms with Gasteiger partial charge in [0, 0.05) is 12.6 Å². The van der Waals surface area contributed by atoms with Gasteiger partial charge in [-0.2, -0.15) is 0 Å². The van der Waals surface area contributed by atoms with E-state index in [0.717, 1.165) is 16.3 Å². The number of nitrogens with zero attached hydrogens (tertiary/aromatic N) is 2. The monoisotopic (exact) mass is 551 g/mol. The highest BCUT2D eigenvalue weighted by atomic mass is 32.2. The SMILES string of the molecule is CC[C@@H](C)NC(=O)[C@@H](CC)N(Cc1ccccc1)C(=O)CN(c1ccccc1)S(=O)(=O)c1ccc(OC)cc1. The van der Waals surface area contributed by atoms with Crippen molar-refractivity contribution in [1.82, 2.24) is 10.2 Å². The van der Waals surface area contributed by atoms with E-state index in [-0.39, 0.29) is 23.4 Å². The molecule has 0 unspecified atom stereocenters. The Labute approximate surface area is 231 Å². The fraction of sp³-hybridized carbons (Fsp3) is 0.333. The maximum atomic E-state index is 14.0. The number of anilines is 1. The summed E-state index contributed by atoms with van der Waals surface area (Å²) in [4.78, 5) is 28.8. The van der Waals surface area contributed by atoms with Crippen molar-refractivity contribution in [3.63, 3.8) is 0 Å². The molecule has 0 radical (unpaired) electrons. The highest BCUT2D eigenvalue weighted by Gasteiger charge is 2.33. The summed E-state index contributed by atoms with van der Waals surface area (Å²) in [6, 6.07) is 23.0. The summed E-state index contributed by atoms with van der Waals surface area (Å²) < 4.78 is 33.9. The van der Waals surface area contributed by atoms with E-state index in [1.165, 1.54) is 24.1 Å². The van der Waals surface area contributed by atoms with Crippen molar-refractivity contribution >= 4 is 27.5 Å². The second-order valence-electron chi connectivity index (χ2n) is 9.27. The number of amides is 2. The lowest BCUT2D eigenvalue weighted by Crippen LogP contribution is -2.53. The number of sulfonamides is 1. The average Bonchev–Trinajstić information content (AvgIpc) is 2.96. The van der Waals surface area contributed by atoms with Crippen LogP contribution in [-0.4, -0.2) is 50.9 Å². The molecule has 0 bridgehead atoms. The number of methoxy groups -OCH3 is 1. The van der Waals surface area contributed by atoms with E-state index in [0.29, 0.717) is 17.9 Å². The number of ether oxygens (including phenoxy) is 1. The molecule has 3 rings (SSSR count). The second kappa shape index (κ2) is 13.8. The number of carbonyl (C=O) groups excluding carboxylic acids is 2. The minimum Gasteiger partial charge on any atom is -0.497 e. The quantitative estimate of drug-likeness (QED) is 0.335. The van der Waals surface area contributed by atoms with Gasteiger partial charge in [-0.25, -0.2) is 8.42 Å². The Morgan fingerprint density at radius 3 is 2.00 bits per heavy atom. The van der Waals surface area contributed by atoms with Crippen LogP contribution < -0.4 is 14.4 Å². The van der Waals surface area contributed by atoms with Crippen LogP contribution in [0.1, 0.15) is 39.2 Å². The summed E-state index contributed by atoms with van der Waals surface area (Å²) in [6.07, 6.45) is 1.12. The number of rotatable bonds is 13. The molecule has 0 saturated heterocycles. The maximum absolute atomic E-state index is 14.0. The van der Waals surface area contributed by atoms with E-state index in [1.807, 2.05) is 51.1 Å². The third kappa shape index (κ3) is 7.60. The molecule has 0 aromatic heterocycles. The summed E-state index contributed by atoms with van der Waals surface area (Å²) in [5, 5.41) is 2.98. The maximum Gasteiger partial charge on any atom is 0.264 e. The Balaban J connectivity index is 2.01. The summed E-state index contributed by atoms with van der Waals surface area (Å²) in [5.74, 6) is -0.227. The Morgan fingerprint density at radius 1 is 0.872 bits per heavy atom. The third-order valence-electron chi connectivity index (χ3n) is 6.55. The summed E-state index contributed by atoms with van der Waals surface area (Å²) >= 11 is 0. The first-order chi connectivity index (χ1) is 18.7. The number of nitrogens with one attached hydrogen (secondary N) is 1. The van der Waals surface area contributed by atoms with Gasteiger partial charge in [0.25, 0.3) is 10.0 Å². The van der Waals surface area contributed by atoms with Crippen LogP contribution in [-0.2, 0) is 26.2 Å². The Hall–Kier alpha value is -3.85. The van der Waals surface area contributed by atoms with Crippen molar-refractivity contribution in [1.29, 1.82) is 0 Å². The van der Waals surface area contributed by atoms with Crippen LogP contribution in [0.15, 0.2) is 89.8 Å². The van der Waals surface area contributed by atoms with Gasteiger partial charge in [0.05, 0.1) is 17.7 Å². The average molecular weight is 552 g/mol. The van der Waals surface area contributed by atoms with Gasteiger partial charge in [0.2, 0.25) is 11.8 Å². The Kier molecular flexibility index (Phi) is 10.5. The van der Waals surface area contributed by atoms with Gasteiger partial charge in [-0.05, 0) is 61.7 Å². The highest BCUT2D eigenvalue weighted by Crippen LogP contribution is 2.26.